The van der Waals surface area contributed by atoms with Crippen LogP contribution in [0.3, 0.4) is 0 Å². The van der Waals surface area contributed by atoms with E-state index in [1.807, 2.05) is 0 Å². The lowest BCUT2D eigenvalue weighted by atomic mass is 9.58. The Labute approximate surface area is 81.3 Å². The van der Waals surface area contributed by atoms with Gasteiger partial charge in [0.1, 0.15) is 0 Å². The Hall–Kier alpha value is -0.670. The van der Waals surface area contributed by atoms with Gasteiger partial charge in [-0.05, 0) is 18.8 Å². The van der Waals surface area contributed by atoms with Gasteiger partial charge in [-0.1, -0.05) is 12.8 Å². The highest BCUT2D eigenvalue weighted by atomic mass is 19.3. The highest BCUT2D eigenvalue weighted by Gasteiger charge is 2.64. The highest BCUT2D eigenvalue weighted by Crippen LogP contribution is 2.59. The van der Waals surface area contributed by atoms with E-state index in [9.17, 15) is 13.6 Å². The summed E-state index contributed by atoms with van der Waals surface area (Å²) in [6.45, 7) is 0. The third-order valence-electron chi connectivity index (χ3n) is 3.71. The maximum absolute atomic E-state index is 12.8. The molecule has 0 atom stereocenters. The lowest BCUT2D eigenvalue weighted by Crippen LogP contribution is -2.54. The average molecular weight is 204 g/mol. The van der Waals surface area contributed by atoms with E-state index in [0.717, 1.165) is 25.7 Å². The van der Waals surface area contributed by atoms with Crippen molar-refractivity contribution in [3.8, 4) is 0 Å². The van der Waals surface area contributed by atoms with Crippen LogP contribution in [0.5, 0.6) is 0 Å². The van der Waals surface area contributed by atoms with E-state index in [1.54, 1.807) is 0 Å². The maximum atomic E-state index is 12.8. The molecule has 4 heteroatoms. The van der Waals surface area contributed by atoms with E-state index >= 15 is 0 Å². The Morgan fingerprint density at radius 2 is 1.71 bits per heavy atom. The molecule has 0 spiro atoms. The summed E-state index contributed by atoms with van der Waals surface area (Å²) >= 11 is 0. The van der Waals surface area contributed by atoms with Crippen LogP contribution in [0.4, 0.5) is 8.78 Å². The van der Waals surface area contributed by atoms with Crippen LogP contribution in [-0.2, 0) is 4.79 Å². The van der Waals surface area contributed by atoms with Gasteiger partial charge in [-0.2, -0.15) is 0 Å². The van der Waals surface area contributed by atoms with E-state index in [1.165, 1.54) is 0 Å². The summed E-state index contributed by atoms with van der Waals surface area (Å²) in [5.74, 6) is -3.77. The molecule has 2 rings (SSSR count). The molecule has 0 aliphatic heterocycles. The van der Waals surface area contributed by atoms with E-state index in [4.69, 9.17) is 5.11 Å². The van der Waals surface area contributed by atoms with Gasteiger partial charge in [0.05, 0.1) is 5.41 Å². The van der Waals surface area contributed by atoms with Crippen molar-refractivity contribution in [2.24, 2.45) is 11.3 Å². The second-order valence-corrected chi connectivity index (χ2v) is 4.65. The lowest BCUT2D eigenvalue weighted by Gasteiger charge is -2.47. The second-order valence-electron chi connectivity index (χ2n) is 4.65. The van der Waals surface area contributed by atoms with Crippen molar-refractivity contribution in [3.05, 3.63) is 0 Å². The number of hydrogen-bond acceptors (Lipinski definition) is 1. The van der Waals surface area contributed by atoms with Crippen molar-refractivity contribution in [3.63, 3.8) is 0 Å². The van der Waals surface area contributed by atoms with Crippen molar-refractivity contribution < 1.29 is 18.7 Å². The molecule has 1 N–H and O–H groups in total. The molecule has 0 radical (unpaired) electrons. The number of rotatable bonds is 2. The van der Waals surface area contributed by atoms with Gasteiger partial charge in [-0.15, -0.1) is 0 Å². The Morgan fingerprint density at radius 1 is 1.21 bits per heavy atom. The maximum Gasteiger partial charge on any atom is 0.310 e. The summed E-state index contributed by atoms with van der Waals surface area (Å²) in [7, 11) is 0. The number of aliphatic carboxylic acids is 1. The van der Waals surface area contributed by atoms with Crippen LogP contribution in [0.25, 0.3) is 0 Å². The van der Waals surface area contributed by atoms with Crippen LogP contribution in [0, 0.1) is 11.3 Å². The number of hydrogen-bond donors (Lipinski definition) is 1. The van der Waals surface area contributed by atoms with E-state index in [0.29, 0.717) is 0 Å². The van der Waals surface area contributed by atoms with Crippen molar-refractivity contribution in [1.82, 2.24) is 0 Å². The van der Waals surface area contributed by atoms with Crippen LogP contribution in [0.2, 0.25) is 0 Å². The van der Waals surface area contributed by atoms with Crippen LogP contribution < -0.4 is 0 Å². The number of alkyl halides is 2. The predicted octanol–water partition coefficient (Wildman–Crippen LogP) is 2.68. The summed E-state index contributed by atoms with van der Waals surface area (Å²) in [5.41, 5.74) is -1.10. The molecule has 2 saturated carbocycles. The van der Waals surface area contributed by atoms with Crippen molar-refractivity contribution in [2.45, 2.75) is 44.4 Å². The van der Waals surface area contributed by atoms with Gasteiger partial charge < -0.3 is 5.11 Å². The quantitative estimate of drug-likeness (QED) is 0.750. The standard InChI is InChI=1S/C10H14F2O2/c11-10(12)5-9(6-10,8(13)14)7-3-1-2-4-7/h7H,1-6H2,(H,13,14). The topological polar surface area (TPSA) is 37.3 Å². The van der Waals surface area contributed by atoms with Gasteiger partial charge in [0.2, 0.25) is 5.92 Å². The van der Waals surface area contributed by atoms with Gasteiger partial charge in [0, 0.05) is 12.8 Å². The molecule has 80 valence electrons. The number of halogens is 2. The SMILES string of the molecule is O=C(O)C1(C2CCCC2)CC(F)(F)C1. The average Bonchev–Trinajstić information content (AvgIpc) is 2.50. The van der Waals surface area contributed by atoms with E-state index in [-0.39, 0.29) is 5.92 Å². The van der Waals surface area contributed by atoms with Gasteiger partial charge in [-0.3, -0.25) is 4.79 Å². The molecule has 0 aromatic carbocycles. The largest absolute Gasteiger partial charge is 0.481 e. The molecule has 2 fully saturated rings. The number of carboxylic acid groups (broad SMARTS) is 1. The molecule has 0 aromatic rings. The molecule has 0 unspecified atom stereocenters. The molecular formula is C10H14F2O2. The van der Waals surface area contributed by atoms with Gasteiger partial charge in [0.25, 0.3) is 0 Å². The van der Waals surface area contributed by atoms with Crippen LogP contribution in [0.15, 0.2) is 0 Å². The molecule has 0 saturated heterocycles. The summed E-state index contributed by atoms with van der Waals surface area (Å²) in [6, 6.07) is 0. The Morgan fingerprint density at radius 3 is 2.07 bits per heavy atom. The fourth-order valence-electron chi connectivity index (χ4n) is 2.96. The molecule has 2 aliphatic rings. The van der Waals surface area contributed by atoms with Crippen molar-refractivity contribution in [1.29, 1.82) is 0 Å². The fourth-order valence-corrected chi connectivity index (χ4v) is 2.96. The van der Waals surface area contributed by atoms with Crippen LogP contribution in [0.1, 0.15) is 38.5 Å². The number of carbonyl (C=O) groups is 1. The van der Waals surface area contributed by atoms with E-state index in [2.05, 4.69) is 0 Å². The first kappa shape index (κ1) is 9.87. The summed E-state index contributed by atoms with van der Waals surface area (Å²) < 4.78 is 25.6. The van der Waals surface area contributed by atoms with Gasteiger partial charge in [0.15, 0.2) is 0 Å². The van der Waals surface area contributed by atoms with E-state index < -0.39 is 30.1 Å². The monoisotopic (exact) mass is 204 g/mol. The minimum atomic E-state index is -2.74. The summed E-state index contributed by atoms with van der Waals surface area (Å²) in [5, 5.41) is 9.04. The Balaban J connectivity index is 2.13. The minimum Gasteiger partial charge on any atom is -0.481 e. The molecule has 0 heterocycles. The molecule has 0 bridgehead atoms. The summed E-state index contributed by atoms with van der Waals surface area (Å²) in [6.07, 6.45) is 2.71. The molecule has 14 heavy (non-hydrogen) atoms. The minimum absolute atomic E-state index is 0.0142. The third-order valence-corrected chi connectivity index (χ3v) is 3.71. The Bertz CT molecular complexity index is 249. The predicted molar refractivity (Wildman–Crippen MR) is 46.2 cm³/mol. The molecule has 0 amide bonds. The fraction of sp³-hybridized carbons (Fsp3) is 0.900. The first-order valence-corrected chi connectivity index (χ1v) is 5.08. The normalized spacial score (nSPS) is 29.9. The van der Waals surface area contributed by atoms with Crippen LogP contribution in [-0.4, -0.2) is 17.0 Å². The molecule has 2 aliphatic carbocycles. The summed E-state index contributed by atoms with van der Waals surface area (Å²) in [4.78, 5) is 11.0. The van der Waals surface area contributed by atoms with Gasteiger partial charge >= 0.3 is 5.97 Å². The second kappa shape index (κ2) is 2.91. The van der Waals surface area contributed by atoms with Crippen LogP contribution >= 0.6 is 0 Å². The molecule has 0 aromatic heterocycles. The smallest absolute Gasteiger partial charge is 0.310 e. The zero-order valence-corrected chi connectivity index (χ0v) is 7.93. The van der Waals surface area contributed by atoms with Crippen molar-refractivity contribution in [2.75, 3.05) is 0 Å². The number of carboxylic acids is 1. The first-order valence-electron chi connectivity index (χ1n) is 5.08. The molecular weight excluding hydrogens is 190 g/mol. The lowest BCUT2D eigenvalue weighted by molar-refractivity contribution is -0.206. The highest BCUT2D eigenvalue weighted by molar-refractivity contribution is 5.77. The zero-order chi connectivity index (χ0) is 10.4. The zero-order valence-electron chi connectivity index (χ0n) is 7.93. The Kier molecular flexibility index (Phi) is 2.05. The van der Waals surface area contributed by atoms with Crippen molar-refractivity contribution >= 4 is 5.97 Å². The first-order chi connectivity index (χ1) is 6.46. The molecule has 2 nitrogen and oxygen atoms in total. The third kappa shape index (κ3) is 1.31. The van der Waals surface area contributed by atoms with Gasteiger partial charge in [-0.25, -0.2) is 8.78 Å².